The van der Waals surface area contributed by atoms with E-state index >= 15 is 0 Å². The van der Waals surface area contributed by atoms with Gasteiger partial charge in [0.05, 0.1) is 12.7 Å². The molecular weight excluding hydrogens is 356 g/mol. The predicted octanol–water partition coefficient (Wildman–Crippen LogP) is 3.11. The van der Waals surface area contributed by atoms with Crippen LogP contribution >= 0.6 is 0 Å². The van der Waals surface area contributed by atoms with Crippen molar-refractivity contribution in [3.05, 3.63) is 59.7 Å². The first-order valence-corrected chi connectivity index (χ1v) is 8.42. The van der Waals surface area contributed by atoms with E-state index in [4.69, 9.17) is 4.74 Å². The van der Waals surface area contributed by atoms with E-state index in [1.165, 1.54) is 13.2 Å². The Hall–Kier alpha value is -3.16. The summed E-state index contributed by atoms with van der Waals surface area (Å²) in [7, 11) is 1.33. The summed E-state index contributed by atoms with van der Waals surface area (Å²) < 4.78 is 30.9. The van der Waals surface area contributed by atoms with Gasteiger partial charge in [0, 0.05) is 43.6 Å². The topological polar surface area (TPSA) is 61.9 Å². The standard InChI is InChI=1S/C19H19F2N3O3/c1-27-18(25)13-3-2-4-15(11-13)23-7-9-24(10-8-23)19(26)22-14-5-6-16(20)17(21)12-14/h2-6,11-12H,7-10H2,1H3,(H,22,26). The number of benzene rings is 2. The lowest BCUT2D eigenvalue weighted by molar-refractivity contribution is 0.0600. The number of amides is 2. The fraction of sp³-hybridized carbons (Fsp3) is 0.263. The molecule has 6 nitrogen and oxygen atoms in total. The highest BCUT2D eigenvalue weighted by Gasteiger charge is 2.22. The Labute approximate surface area is 155 Å². The van der Waals surface area contributed by atoms with Crippen molar-refractivity contribution in [3.8, 4) is 0 Å². The second-order valence-electron chi connectivity index (χ2n) is 6.08. The summed E-state index contributed by atoms with van der Waals surface area (Å²) in [5.74, 6) is -2.37. The molecule has 8 heteroatoms. The first kappa shape index (κ1) is 18.6. The van der Waals surface area contributed by atoms with E-state index in [0.717, 1.165) is 17.8 Å². The number of esters is 1. The van der Waals surface area contributed by atoms with Crippen LogP contribution in [0, 0.1) is 11.6 Å². The van der Waals surface area contributed by atoms with Crippen LogP contribution in [-0.4, -0.2) is 50.2 Å². The molecule has 27 heavy (non-hydrogen) atoms. The number of halogens is 2. The Morgan fingerprint density at radius 3 is 2.41 bits per heavy atom. The lowest BCUT2D eigenvalue weighted by atomic mass is 10.1. The Bertz CT molecular complexity index is 852. The van der Waals surface area contributed by atoms with Crippen molar-refractivity contribution >= 4 is 23.4 Å². The van der Waals surface area contributed by atoms with Crippen LogP contribution in [0.5, 0.6) is 0 Å². The summed E-state index contributed by atoms with van der Waals surface area (Å²) in [4.78, 5) is 27.6. The van der Waals surface area contributed by atoms with Crippen molar-refractivity contribution in [1.82, 2.24) is 4.90 Å². The summed E-state index contributed by atoms with van der Waals surface area (Å²) in [5, 5.41) is 2.57. The molecule has 2 amide bonds. The fourth-order valence-electron chi connectivity index (χ4n) is 2.89. The first-order valence-electron chi connectivity index (χ1n) is 8.42. The summed E-state index contributed by atoms with van der Waals surface area (Å²) in [6, 6.07) is 9.96. The molecule has 0 aliphatic carbocycles. The smallest absolute Gasteiger partial charge is 0.337 e. The number of carbonyl (C=O) groups is 2. The van der Waals surface area contributed by atoms with Gasteiger partial charge in [-0.1, -0.05) is 6.07 Å². The molecule has 2 aromatic rings. The normalized spacial score (nSPS) is 14.0. The number of piperazine rings is 1. The number of carbonyl (C=O) groups excluding carboxylic acids is 2. The SMILES string of the molecule is COC(=O)c1cccc(N2CCN(C(=O)Nc3ccc(F)c(F)c3)CC2)c1. The van der Waals surface area contributed by atoms with Crippen LogP contribution in [0.2, 0.25) is 0 Å². The maximum absolute atomic E-state index is 13.2. The summed E-state index contributed by atoms with van der Waals surface area (Å²) in [6.45, 7) is 2.07. The summed E-state index contributed by atoms with van der Waals surface area (Å²) in [6.07, 6.45) is 0. The number of anilines is 2. The number of methoxy groups -OCH3 is 1. The van der Waals surface area contributed by atoms with Gasteiger partial charge in [-0.2, -0.15) is 0 Å². The zero-order valence-corrected chi connectivity index (χ0v) is 14.7. The molecule has 142 valence electrons. The van der Waals surface area contributed by atoms with Crippen LogP contribution in [0.4, 0.5) is 25.0 Å². The van der Waals surface area contributed by atoms with Crippen LogP contribution in [0.15, 0.2) is 42.5 Å². The van der Waals surface area contributed by atoms with Crippen LogP contribution in [0.3, 0.4) is 0 Å². The van der Waals surface area contributed by atoms with Crippen molar-refractivity contribution in [2.75, 3.05) is 43.5 Å². The molecule has 2 aromatic carbocycles. The average molecular weight is 375 g/mol. The maximum atomic E-state index is 13.2. The van der Waals surface area contributed by atoms with Crippen LogP contribution < -0.4 is 10.2 Å². The number of hydrogen-bond donors (Lipinski definition) is 1. The molecule has 1 heterocycles. The van der Waals surface area contributed by atoms with Crippen LogP contribution in [0.1, 0.15) is 10.4 Å². The molecule has 1 saturated heterocycles. The van der Waals surface area contributed by atoms with Gasteiger partial charge in [-0.15, -0.1) is 0 Å². The van der Waals surface area contributed by atoms with Gasteiger partial charge in [-0.05, 0) is 30.3 Å². The van der Waals surface area contributed by atoms with Crippen LogP contribution in [0.25, 0.3) is 0 Å². The Kier molecular flexibility index (Phi) is 5.54. The minimum atomic E-state index is -1.01. The van der Waals surface area contributed by atoms with E-state index in [-0.39, 0.29) is 11.7 Å². The molecule has 0 radical (unpaired) electrons. The molecule has 0 atom stereocenters. The molecule has 3 rings (SSSR count). The van der Waals surface area contributed by atoms with Crippen molar-refractivity contribution in [1.29, 1.82) is 0 Å². The lowest BCUT2D eigenvalue weighted by Crippen LogP contribution is -2.50. The van der Waals surface area contributed by atoms with E-state index < -0.39 is 17.6 Å². The van der Waals surface area contributed by atoms with E-state index in [1.807, 2.05) is 6.07 Å². The number of urea groups is 1. The van der Waals surface area contributed by atoms with Gasteiger partial charge in [0.15, 0.2) is 11.6 Å². The minimum absolute atomic E-state index is 0.201. The molecular formula is C19H19F2N3O3. The predicted molar refractivity (Wildman–Crippen MR) is 96.9 cm³/mol. The van der Waals surface area contributed by atoms with Gasteiger partial charge in [0.25, 0.3) is 0 Å². The first-order chi connectivity index (χ1) is 13.0. The second-order valence-corrected chi connectivity index (χ2v) is 6.08. The minimum Gasteiger partial charge on any atom is -0.465 e. The molecule has 1 fully saturated rings. The highest BCUT2D eigenvalue weighted by molar-refractivity contribution is 5.91. The monoisotopic (exact) mass is 375 g/mol. The highest BCUT2D eigenvalue weighted by atomic mass is 19.2. The molecule has 0 unspecified atom stereocenters. The maximum Gasteiger partial charge on any atom is 0.337 e. The number of hydrogen-bond acceptors (Lipinski definition) is 4. The molecule has 1 aliphatic rings. The second kappa shape index (κ2) is 8.03. The molecule has 0 bridgehead atoms. The van der Waals surface area contributed by atoms with Gasteiger partial charge in [0.2, 0.25) is 0 Å². The average Bonchev–Trinajstić information content (AvgIpc) is 2.70. The Morgan fingerprint density at radius 1 is 1.00 bits per heavy atom. The van der Waals surface area contributed by atoms with E-state index in [1.54, 1.807) is 23.1 Å². The van der Waals surface area contributed by atoms with Gasteiger partial charge in [-0.3, -0.25) is 0 Å². The molecule has 0 spiro atoms. The van der Waals surface area contributed by atoms with Gasteiger partial charge in [0.1, 0.15) is 0 Å². The third-order valence-corrected chi connectivity index (χ3v) is 4.37. The number of rotatable bonds is 3. The molecule has 0 aromatic heterocycles. The highest BCUT2D eigenvalue weighted by Crippen LogP contribution is 2.19. The largest absolute Gasteiger partial charge is 0.465 e. The molecule has 0 saturated carbocycles. The summed E-state index contributed by atoms with van der Waals surface area (Å²) in [5.41, 5.74) is 1.54. The van der Waals surface area contributed by atoms with Gasteiger partial charge < -0.3 is 19.9 Å². The number of nitrogens with one attached hydrogen (secondary N) is 1. The van der Waals surface area contributed by atoms with Crippen molar-refractivity contribution in [3.63, 3.8) is 0 Å². The van der Waals surface area contributed by atoms with E-state index in [9.17, 15) is 18.4 Å². The Balaban J connectivity index is 1.59. The number of ether oxygens (including phenoxy) is 1. The Morgan fingerprint density at radius 2 is 1.74 bits per heavy atom. The zero-order chi connectivity index (χ0) is 19.4. The third-order valence-electron chi connectivity index (χ3n) is 4.37. The molecule has 1 aliphatic heterocycles. The van der Waals surface area contributed by atoms with E-state index in [0.29, 0.717) is 31.7 Å². The summed E-state index contributed by atoms with van der Waals surface area (Å²) >= 11 is 0. The fourth-order valence-corrected chi connectivity index (χ4v) is 2.89. The van der Waals surface area contributed by atoms with Gasteiger partial charge in [-0.25, -0.2) is 18.4 Å². The third kappa shape index (κ3) is 4.33. The van der Waals surface area contributed by atoms with Crippen molar-refractivity contribution in [2.45, 2.75) is 0 Å². The van der Waals surface area contributed by atoms with Crippen molar-refractivity contribution in [2.24, 2.45) is 0 Å². The number of nitrogens with zero attached hydrogens (tertiary/aromatic N) is 2. The quantitative estimate of drug-likeness (QED) is 0.838. The van der Waals surface area contributed by atoms with Gasteiger partial charge >= 0.3 is 12.0 Å². The van der Waals surface area contributed by atoms with Crippen LogP contribution in [-0.2, 0) is 4.74 Å². The molecule has 1 N–H and O–H groups in total. The zero-order valence-electron chi connectivity index (χ0n) is 14.7. The van der Waals surface area contributed by atoms with E-state index in [2.05, 4.69) is 10.2 Å². The lowest BCUT2D eigenvalue weighted by Gasteiger charge is -2.36. The van der Waals surface area contributed by atoms with Crippen molar-refractivity contribution < 1.29 is 23.1 Å².